The first kappa shape index (κ1) is 24.2. The van der Waals surface area contributed by atoms with Gasteiger partial charge in [-0.1, -0.05) is 140 Å². The molecule has 2 unspecified atom stereocenters. The van der Waals surface area contributed by atoms with Crippen molar-refractivity contribution in [2.45, 2.75) is 5.92 Å². The number of allylic oxidation sites excluding steroid dienone is 5. The first-order valence-electron chi connectivity index (χ1n) is 15.0. The highest BCUT2D eigenvalue weighted by molar-refractivity contribution is 6.07. The Kier molecular flexibility index (Phi) is 5.39. The van der Waals surface area contributed by atoms with E-state index in [2.05, 4.69) is 146 Å². The van der Waals surface area contributed by atoms with Gasteiger partial charge in [0.15, 0.2) is 0 Å². The summed E-state index contributed by atoms with van der Waals surface area (Å²) in [5, 5.41) is 4.92. The lowest BCUT2D eigenvalue weighted by Crippen LogP contribution is -2.23. The Morgan fingerprint density at radius 2 is 1.19 bits per heavy atom. The molecule has 9 rings (SSSR count). The fourth-order valence-electron chi connectivity index (χ4n) is 7.47. The molecule has 1 heteroatoms. The van der Waals surface area contributed by atoms with E-state index in [1.807, 2.05) is 12.1 Å². The molecule has 202 valence electrons. The zero-order valence-corrected chi connectivity index (χ0v) is 23.6. The molecule has 0 saturated heterocycles. The van der Waals surface area contributed by atoms with Crippen molar-refractivity contribution in [2.75, 3.05) is 0 Å². The Hall–Kier alpha value is -5.40. The molecule has 0 N–H and O–H groups in total. The van der Waals surface area contributed by atoms with Crippen LogP contribution in [0.1, 0.15) is 28.2 Å². The number of para-hydroxylation sites is 1. The van der Waals surface area contributed by atoms with Crippen molar-refractivity contribution < 1.29 is 4.42 Å². The van der Waals surface area contributed by atoms with Crippen LogP contribution in [-0.2, 0) is 0 Å². The summed E-state index contributed by atoms with van der Waals surface area (Å²) >= 11 is 0. The van der Waals surface area contributed by atoms with Crippen molar-refractivity contribution in [3.05, 3.63) is 186 Å². The lowest BCUT2D eigenvalue weighted by Gasteiger charge is -2.37. The van der Waals surface area contributed by atoms with E-state index in [0.717, 1.165) is 21.9 Å². The molecule has 0 aliphatic heterocycles. The quantitative estimate of drug-likeness (QED) is 0.214. The number of furan rings is 1. The normalized spacial score (nSPS) is 17.5. The Labute approximate surface area is 250 Å². The molecule has 2 atom stereocenters. The molecule has 1 nitrogen and oxygen atoms in total. The standard InChI is InChI=1S/C42H28O/c1-2-14-29-27(12-1)13-11-22-33(29)42-36-20-7-5-18-34(36)41(35-19-6-8-21-37(35)42)32-17-4-3-15-30(32)28-24-25-40-38(26-28)31-16-9-10-23-39(31)43-40/h1-26,36,42H. The molecule has 0 saturated carbocycles. The fourth-order valence-corrected chi connectivity index (χ4v) is 7.47. The second-order valence-corrected chi connectivity index (χ2v) is 11.6. The SMILES string of the molecule is C1=CC2=C(c3ccccc3-c3ccc4oc5ccccc5c4c3)c3ccccc3C(c3cccc4ccccc34)C2C=C1. The second-order valence-electron chi connectivity index (χ2n) is 11.6. The van der Waals surface area contributed by atoms with Crippen LogP contribution in [-0.4, -0.2) is 0 Å². The number of hydrogen-bond donors (Lipinski definition) is 0. The van der Waals surface area contributed by atoms with E-state index in [1.54, 1.807) is 0 Å². The largest absolute Gasteiger partial charge is 0.456 e. The predicted octanol–water partition coefficient (Wildman–Crippen LogP) is 11.1. The number of rotatable bonds is 3. The van der Waals surface area contributed by atoms with Gasteiger partial charge in [0.1, 0.15) is 11.2 Å². The summed E-state index contributed by atoms with van der Waals surface area (Å²) < 4.78 is 6.17. The summed E-state index contributed by atoms with van der Waals surface area (Å²) in [6.07, 6.45) is 9.18. The van der Waals surface area contributed by atoms with Gasteiger partial charge in [0.05, 0.1) is 0 Å². The van der Waals surface area contributed by atoms with Gasteiger partial charge in [-0.3, -0.25) is 0 Å². The van der Waals surface area contributed by atoms with Gasteiger partial charge in [-0.2, -0.15) is 0 Å². The minimum atomic E-state index is 0.225. The number of benzene rings is 6. The summed E-state index contributed by atoms with van der Waals surface area (Å²) in [7, 11) is 0. The van der Waals surface area contributed by atoms with E-state index in [1.165, 1.54) is 55.3 Å². The van der Waals surface area contributed by atoms with Crippen LogP contribution in [0.5, 0.6) is 0 Å². The Bertz CT molecular complexity index is 2300. The highest BCUT2D eigenvalue weighted by Gasteiger charge is 2.36. The zero-order valence-electron chi connectivity index (χ0n) is 23.6. The maximum Gasteiger partial charge on any atom is 0.135 e. The van der Waals surface area contributed by atoms with Gasteiger partial charge in [0.25, 0.3) is 0 Å². The molecular weight excluding hydrogens is 520 g/mol. The van der Waals surface area contributed by atoms with Gasteiger partial charge in [-0.15, -0.1) is 0 Å². The van der Waals surface area contributed by atoms with Crippen molar-refractivity contribution in [3.63, 3.8) is 0 Å². The molecule has 0 bridgehead atoms. The maximum absolute atomic E-state index is 6.17. The van der Waals surface area contributed by atoms with Crippen LogP contribution in [0, 0.1) is 5.92 Å². The van der Waals surface area contributed by atoms with E-state index < -0.39 is 0 Å². The summed E-state index contributed by atoms with van der Waals surface area (Å²) in [6, 6.07) is 48.5. The van der Waals surface area contributed by atoms with Gasteiger partial charge in [0, 0.05) is 22.6 Å². The topological polar surface area (TPSA) is 13.1 Å². The lowest BCUT2D eigenvalue weighted by atomic mass is 9.65. The predicted molar refractivity (Wildman–Crippen MR) is 179 cm³/mol. The third-order valence-corrected chi connectivity index (χ3v) is 9.32. The van der Waals surface area contributed by atoms with Gasteiger partial charge >= 0.3 is 0 Å². The Morgan fingerprint density at radius 3 is 2.12 bits per heavy atom. The molecule has 0 spiro atoms. The zero-order chi connectivity index (χ0) is 28.3. The van der Waals surface area contributed by atoms with Crippen LogP contribution in [0.2, 0.25) is 0 Å². The van der Waals surface area contributed by atoms with Crippen molar-refractivity contribution in [3.8, 4) is 11.1 Å². The summed E-state index contributed by atoms with van der Waals surface area (Å²) in [5.41, 5.74) is 12.3. The van der Waals surface area contributed by atoms with Crippen molar-refractivity contribution >= 4 is 38.3 Å². The smallest absolute Gasteiger partial charge is 0.135 e. The average molecular weight is 549 g/mol. The highest BCUT2D eigenvalue weighted by Crippen LogP contribution is 2.52. The third-order valence-electron chi connectivity index (χ3n) is 9.32. The summed E-state index contributed by atoms with van der Waals surface area (Å²) in [6.45, 7) is 0. The summed E-state index contributed by atoms with van der Waals surface area (Å²) in [4.78, 5) is 0. The van der Waals surface area contributed by atoms with E-state index >= 15 is 0 Å². The van der Waals surface area contributed by atoms with Crippen molar-refractivity contribution in [1.82, 2.24) is 0 Å². The molecular formula is C42H28O. The molecule has 7 aromatic rings. The molecule has 0 fully saturated rings. The molecule has 6 aromatic carbocycles. The van der Waals surface area contributed by atoms with Gasteiger partial charge in [-0.05, 0) is 73.5 Å². The lowest BCUT2D eigenvalue weighted by molar-refractivity contribution is 0.653. The second kappa shape index (κ2) is 9.58. The molecule has 1 aromatic heterocycles. The molecule has 0 amide bonds. The summed E-state index contributed by atoms with van der Waals surface area (Å²) in [5.74, 6) is 0.456. The fraction of sp³-hybridized carbons (Fsp3) is 0.0476. The third kappa shape index (κ3) is 3.72. The first-order valence-corrected chi connectivity index (χ1v) is 15.0. The van der Waals surface area contributed by atoms with Gasteiger partial charge < -0.3 is 4.42 Å². The Balaban J connectivity index is 1.29. The minimum absolute atomic E-state index is 0.225. The van der Waals surface area contributed by atoms with Gasteiger partial charge in [-0.25, -0.2) is 0 Å². The van der Waals surface area contributed by atoms with E-state index in [0.29, 0.717) is 0 Å². The number of fused-ring (bicyclic) bond motifs is 6. The van der Waals surface area contributed by atoms with E-state index in [-0.39, 0.29) is 11.8 Å². The van der Waals surface area contributed by atoms with Crippen LogP contribution in [0.3, 0.4) is 0 Å². The van der Waals surface area contributed by atoms with Crippen LogP contribution in [0.25, 0.3) is 49.4 Å². The first-order chi connectivity index (χ1) is 21.3. The monoisotopic (exact) mass is 548 g/mol. The van der Waals surface area contributed by atoms with Crippen LogP contribution >= 0.6 is 0 Å². The van der Waals surface area contributed by atoms with Crippen molar-refractivity contribution in [2.24, 2.45) is 5.92 Å². The molecule has 43 heavy (non-hydrogen) atoms. The van der Waals surface area contributed by atoms with E-state index in [9.17, 15) is 0 Å². The maximum atomic E-state index is 6.17. The Morgan fingerprint density at radius 1 is 0.488 bits per heavy atom. The average Bonchev–Trinajstić information content (AvgIpc) is 3.45. The molecule has 1 heterocycles. The number of hydrogen-bond acceptors (Lipinski definition) is 1. The minimum Gasteiger partial charge on any atom is -0.456 e. The molecule has 2 aliphatic carbocycles. The van der Waals surface area contributed by atoms with Gasteiger partial charge in [0.2, 0.25) is 0 Å². The molecule has 2 aliphatic rings. The van der Waals surface area contributed by atoms with Crippen LogP contribution < -0.4 is 0 Å². The highest BCUT2D eigenvalue weighted by atomic mass is 16.3. The molecule has 0 radical (unpaired) electrons. The van der Waals surface area contributed by atoms with Crippen LogP contribution in [0.4, 0.5) is 0 Å². The van der Waals surface area contributed by atoms with Crippen LogP contribution in [0.15, 0.2) is 168 Å². The van der Waals surface area contributed by atoms with E-state index in [4.69, 9.17) is 4.42 Å². The van der Waals surface area contributed by atoms with Crippen molar-refractivity contribution in [1.29, 1.82) is 0 Å².